The van der Waals surface area contributed by atoms with Gasteiger partial charge in [0.25, 0.3) is 0 Å². The molecule has 0 amide bonds. The van der Waals surface area contributed by atoms with Crippen molar-refractivity contribution in [1.29, 1.82) is 0 Å². The molecular formula is C17H14N2O2S. The molecule has 1 atom stereocenters. The maximum atomic E-state index is 12.6. The molecule has 0 saturated heterocycles. The van der Waals surface area contributed by atoms with Gasteiger partial charge in [-0.2, -0.15) is 5.10 Å². The number of rotatable bonds is 1. The molecule has 1 heterocycles. The van der Waals surface area contributed by atoms with E-state index in [0.29, 0.717) is 6.54 Å². The lowest BCUT2D eigenvalue weighted by Crippen LogP contribution is -2.22. The molecule has 2 aromatic rings. The van der Waals surface area contributed by atoms with Crippen molar-refractivity contribution in [1.82, 2.24) is 5.43 Å². The van der Waals surface area contributed by atoms with Crippen LogP contribution in [0.1, 0.15) is 5.56 Å². The molecule has 4 nitrogen and oxygen atoms in total. The van der Waals surface area contributed by atoms with Crippen molar-refractivity contribution >= 4 is 14.9 Å². The Kier molecular flexibility index (Phi) is 3.94. The molecule has 1 aliphatic heterocycles. The highest BCUT2D eigenvalue weighted by atomic mass is 32.2. The summed E-state index contributed by atoms with van der Waals surface area (Å²) in [6.45, 7) is 0.404. The minimum absolute atomic E-state index is 0.0853. The average Bonchev–Trinajstić information content (AvgIpc) is 3.04. The molecule has 1 unspecified atom stereocenters. The average molecular weight is 310 g/mol. The maximum absolute atomic E-state index is 12.6. The van der Waals surface area contributed by atoms with Crippen molar-refractivity contribution in [3.63, 3.8) is 0 Å². The molecule has 110 valence electrons. The first-order valence-corrected chi connectivity index (χ1v) is 8.33. The monoisotopic (exact) mass is 310 g/mol. The van der Waals surface area contributed by atoms with E-state index in [4.69, 9.17) is 0 Å². The quantitative estimate of drug-likeness (QED) is 0.820. The second-order valence-corrected chi connectivity index (χ2v) is 6.71. The standard InChI is InChI=1S/C17H14N2O2S/c20-22(21,16-9-5-2-6-10-16)17-15(13-18-19-17)12-11-14-7-3-1-4-8-14/h1-10,15,18H,13H2. The fourth-order valence-corrected chi connectivity index (χ4v) is 3.61. The van der Waals surface area contributed by atoms with Gasteiger partial charge in [-0.3, -0.25) is 0 Å². The van der Waals surface area contributed by atoms with Crippen molar-refractivity contribution in [3.05, 3.63) is 66.2 Å². The molecule has 22 heavy (non-hydrogen) atoms. The van der Waals surface area contributed by atoms with Crippen LogP contribution in [-0.4, -0.2) is 20.0 Å². The van der Waals surface area contributed by atoms with E-state index < -0.39 is 15.8 Å². The number of hydrogen-bond acceptors (Lipinski definition) is 4. The Balaban J connectivity index is 1.90. The smallest absolute Gasteiger partial charge is 0.222 e. The van der Waals surface area contributed by atoms with Crippen LogP contribution in [-0.2, 0) is 9.84 Å². The van der Waals surface area contributed by atoms with E-state index in [2.05, 4.69) is 22.4 Å². The Hall–Kier alpha value is -2.58. The van der Waals surface area contributed by atoms with Gasteiger partial charge in [0.05, 0.1) is 17.4 Å². The van der Waals surface area contributed by atoms with Gasteiger partial charge in [-0.25, -0.2) is 8.42 Å². The summed E-state index contributed by atoms with van der Waals surface area (Å²) in [6.07, 6.45) is 0. The Morgan fingerprint density at radius 2 is 1.64 bits per heavy atom. The van der Waals surface area contributed by atoms with Crippen LogP contribution < -0.4 is 5.43 Å². The molecule has 0 saturated carbocycles. The van der Waals surface area contributed by atoms with E-state index in [1.54, 1.807) is 30.3 Å². The molecule has 0 fully saturated rings. The van der Waals surface area contributed by atoms with Crippen LogP contribution in [0.2, 0.25) is 0 Å². The molecular weight excluding hydrogens is 296 g/mol. The fourth-order valence-electron chi connectivity index (χ4n) is 2.15. The second-order valence-electron chi connectivity index (χ2n) is 4.82. The van der Waals surface area contributed by atoms with Crippen LogP contribution in [0.4, 0.5) is 0 Å². The van der Waals surface area contributed by atoms with Crippen molar-refractivity contribution < 1.29 is 8.42 Å². The third-order valence-corrected chi connectivity index (χ3v) is 5.10. The van der Waals surface area contributed by atoms with E-state index in [-0.39, 0.29) is 9.94 Å². The van der Waals surface area contributed by atoms with Gasteiger partial charge in [0.1, 0.15) is 0 Å². The highest BCUT2D eigenvalue weighted by Gasteiger charge is 2.32. The topological polar surface area (TPSA) is 58.5 Å². The third kappa shape index (κ3) is 2.87. The fraction of sp³-hybridized carbons (Fsp3) is 0.118. The molecule has 5 heteroatoms. The van der Waals surface area contributed by atoms with Crippen LogP contribution in [0.5, 0.6) is 0 Å². The number of hydrazone groups is 1. The van der Waals surface area contributed by atoms with Gasteiger partial charge >= 0.3 is 0 Å². The molecule has 0 spiro atoms. The van der Waals surface area contributed by atoms with Crippen LogP contribution in [0, 0.1) is 17.8 Å². The maximum Gasteiger partial charge on any atom is 0.222 e. The summed E-state index contributed by atoms with van der Waals surface area (Å²) < 4.78 is 25.2. The molecule has 0 bridgehead atoms. The van der Waals surface area contributed by atoms with Crippen LogP contribution >= 0.6 is 0 Å². The van der Waals surface area contributed by atoms with E-state index in [1.807, 2.05) is 30.3 Å². The zero-order valence-corrected chi connectivity index (χ0v) is 12.5. The van der Waals surface area contributed by atoms with Gasteiger partial charge in [-0.1, -0.05) is 48.2 Å². The van der Waals surface area contributed by atoms with Crippen LogP contribution in [0.3, 0.4) is 0 Å². The molecule has 3 rings (SSSR count). The summed E-state index contributed by atoms with van der Waals surface area (Å²) in [6, 6.07) is 17.8. The zero-order chi connectivity index (χ0) is 15.4. The highest BCUT2D eigenvalue weighted by molar-refractivity contribution is 8.06. The molecule has 1 N–H and O–H groups in total. The first-order valence-electron chi connectivity index (χ1n) is 6.85. The zero-order valence-electron chi connectivity index (χ0n) is 11.7. The molecule has 0 aliphatic carbocycles. The Morgan fingerprint density at radius 1 is 1.00 bits per heavy atom. The van der Waals surface area contributed by atoms with Gasteiger partial charge in [0.15, 0.2) is 5.04 Å². The van der Waals surface area contributed by atoms with Crippen molar-refractivity contribution in [2.45, 2.75) is 4.90 Å². The summed E-state index contributed by atoms with van der Waals surface area (Å²) >= 11 is 0. The summed E-state index contributed by atoms with van der Waals surface area (Å²) in [7, 11) is -3.61. The molecule has 0 aromatic heterocycles. The summed E-state index contributed by atoms with van der Waals surface area (Å²) in [5.41, 5.74) is 3.59. The molecule has 1 aliphatic rings. The first kappa shape index (κ1) is 14.4. The van der Waals surface area contributed by atoms with Crippen molar-refractivity contribution in [2.75, 3.05) is 6.54 Å². The lowest BCUT2D eigenvalue weighted by Gasteiger charge is -2.06. The Bertz CT molecular complexity index is 848. The van der Waals surface area contributed by atoms with Crippen LogP contribution in [0.25, 0.3) is 0 Å². The largest absolute Gasteiger partial charge is 0.307 e. The number of hydrogen-bond donors (Lipinski definition) is 1. The van der Waals surface area contributed by atoms with Crippen molar-refractivity contribution in [2.24, 2.45) is 11.0 Å². The van der Waals surface area contributed by atoms with E-state index in [1.165, 1.54) is 0 Å². The van der Waals surface area contributed by atoms with E-state index in [0.717, 1.165) is 5.56 Å². The number of nitrogens with one attached hydrogen (secondary N) is 1. The SMILES string of the molecule is O=S(=O)(C1=NNCC1C#Cc1ccccc1)c1ccccc1. The number of nitrogens with zero attached hydrogens (tertiary/aromatic N) is 1. The molecule has 2 aromatic carbocycles. The van der Waals surface area contributed by atoms with Gasteiger partial charge < -0.3 is 5.43 Å². The second kappa shape index (κ2) is 6.04. The third-order valence-electron chi connectivity index (χ3n) is 3.28. The Morgan fingerprint density at radius 3 is 2.32 bits per heavy atom. The molecule has 0 radical (unpaired) electrons. The number of sulfone groups is 1. The summed E-state index contributed by atoms with van der Waals surface area (Å²) in [5.74, 6) is 5.57. The van der Waals surface area contributed by atoms with Gasteiger partial charge in [0.2, 0.25) is 9.84 Å². The highest BCUT2D eigenvalue weighted by Crippen LogP contribution is 2.19. The normalized spacial score (nSPS) is 17.1. The summed E-state index contributed by atoms with van der Waals surface area (Å²) in [4.78, 5) is 0.240. The van der Waals surface area contributed by atoms with E-state index in [9.17, 15) is 8.42 Å². The lowest BCUT2D eigenvalue weighted by atomic mass is 10.1. The summed E-state index contributed by atoms with van der Waals surface area (Å²) in [5, 5.41) is 4.04. The van der Waals surface area contributed by atoms with Crippen molar-refractivity contribution in [3.8, 4) is 11.8 Å². The Labute approximate surface area is 129 Å². The predicted molar refractivity (Wildman–Crippen MR) is 85.9 cm³/mol. The minimum Gasteiger partial charge on any atom is -0.307 e. The minimum atomic E-state index is -3.61. The van der Waals surface area contributed by atoms with Gasteiger partial charge in [-0.05, 0) is 24.3 Å². The number of benzene rings is 2. The van der Waals surface area contributed by atoms with E-state index >= 15 is 0 Å². The van der Waals surface area contributed by atoms with Crippen LogP contribution in [0.15, 0.2) is 70.7 Å². The van der Waals surface area contributed by atoms with Gasteiger partial charge in [-0.15, -0.1) is 0 Å². The lowest BCUT2D eigenvalue weighted by molar-refractivity contribution is 0.606. The van der Waals surface area contributed by atoms with Gasteiger partial charge in [0, 0.05) is 5.56 Å². The predicted octanol–water partition coefficient (Wildman–Crippen LogP) is 2.04. The first-order chi connectivity index (χ1) is 10.7.